The van der Waals surface area contributed by atoms with Gasteiger partial charge in [0.2, 0.25) is 5.91 Å². The maximum Gasteiger partial charge on any atom is 0.255 e. The molecular weight excluding hydrogens is 370 g/mol. The van der Waals surface area contributed by atoms with E-state index in [1.54, 1.807) is 35.1 Å². The molecule has 3 rings (SSSR count). The Morgan fingerprint density at radius 1 is 1.10 bits per heavy atom. The van der Waals surface area contributed by atoms with Crippen molar-refractivity contribution < 1.29 is 14.3 Å². The highest BCUT2D eigenvalue weighted by atomic mass is 16.5. The molecule has 2 amide bonds. The topological polar surface area (TPSA) is 98.1 Å². The van der Waals surface area contributed by atoms with Gasteiger partial charge in [-0.15, -0.1) is 5.10 Å². The fourth-order valence-electron chi connectivity index (χ4n) is 2.74. The second-order valence-corrected chi connectivity index (χ2v) is 6.32. The molecule has 29 heavy (non-hydrogen) atoms. The van der Waals surface area contributed by atoms with E-state index in [2.05, 4.69) is 20.9 Å². The molecule has 1 atom stereocenters. The van der Waals surface area contributed by atoms with Crippen molar-refractivity contribution in [2.24, 2.45) is 0 Å². The molecule has 2 N–H and O–H groups in total. The highest BCUT2D eigenvalue weighted by Gasteiger charge is 2.16. The summed E-state index contributed by atoms with van der Waals surface area (Å²) in [6, 6.07) is 16.1. The lowest BCUT2D eigenvalue weighted by molar-refractivity contribution is -0.120. The zero-order valence-corrected chi connectivity index (χ0v) is 16.3. The van der Waals surface area contributed by atoms with Gasteiger partial charge >= 0.3 is 0 Å². The number of aromatic nitrogens is 3. The zero-order valence-electron chi connectivity index (χ0n) is 16.3. The van der Waals surface area contributed by atoms with Gasteiger partial charge in [0, 0.05) is 0 Å². The second-order valence-electron chi connectivity index (χ2n) is 6.32. The van der Waals surface area contributed by atoms with Crippen LogP contribution in [0.3, 0.4) is 0 Å². The number of nitrogens with one attached hydrogen (secondary N) is 2. The minimum atomic E-state index is -0.369. The van der Waals surface area contributed by atoms with Gasteiger partial charge in [-0.05, 0) is 38.1 Å². The summed E-state index contributed by atoms with van der Waals surface area (Å²) in [5.74, 6) is -0.209. The van der Waals surface area contributed by atoms with Crippen LogP contribution >= 0.6 is 0 Å². The Bertz CT molecular complexity index is 971. The average molecular weight is 393 g/mol. The molecule has 0 radical (unpaired) electrons. The van der Waals surface area contributed by atoms with Crippen molar-refractivity contribution in [2.45, 2.75) is 19.9 Å². The van der Waals surface area contributed by atoms with Crippen molar-refractivity contribution in [3.05, 3.63) is 72.1 Å². The van der Waals surface area contributed by atoms with E-state index < -0.39 is 0 Å². The highest BCUT2D eigenvalue weighted by Crippen LogP contribution is 2.17. The maximum absolute atomic E-state index is 12.4. The molecule has 0 saturated carbocycles. The Kier molecular flexibility index (Phi) is 6.57. The van der Waals surface area contributed by atoms with Crippen LogP contribution < -0.4 is 15.4 Å². The van der Waals surface area contributed by atoms with E-state index >= 15 is 0 Å². The first-order chi connectivity index (χ1) is 14.1. The van der Waals surface area contributed by atoms with E-state index in [-0.39, 0.29) is 24.4 Å². The first kappa shape index (κ1) is 20.1. The summed E-state index contributed by atoms with van der Waals surface area (Å²) >= 11 is 0. The molecule has 0 fully saturated rings. The Hall–Kier alpha value is -3.68. The SMILES string of the molecule is CCOc1ccccc1C(=O)NCC(=O)NC(C)c1cn(-c2ccccc2)nn1. The van der Waals surface area contributed by atoms with Crippen LogP contribution in [0.15, 0.2) is 60.8 Å². The van der Waals surface area contributed by atoms with E-state index in [1.165, 1.54) is 0 Å². The Balaban J connectivity index is 1.54. The van der Waals surface area contributed by atoms with Crippen molar-refractivity contribution >= 4 is 11.8 Å². The number of nitrogens with zero attached hydrogens (tertiary/aromatic N) is 3. The third-order valence-corrected chi connectivity index (χ3v) is 4.19. The lowest BCUT2D eigenvalue weighted by atomic mass is 10.2. The molecule has 0 saturated heterocycles. The van der Waals surface area contributed by atoms with E-state index in [0.717, 1.165) is 5.69 Å². The predicted molar refractivity (Wildman–Crippen MR) is 108 cm³/mol. The minimum absolute atomic E-state index is 0.156. The van der Waals surface area contributed by atoms with Crippen LogP contribution in [0.1, 0.15) is 35.9 Å². The highest BCUT2D eigenvalue weighted by molar-refractivity contribution is 5.98. The fourth-order valence-corrected chi connectivity index (χ4v) is 2.74. The number of rotatable bonds is 8. The van der Waals surface area contributed by atoms with Crippen LogP contribution in [-0.2, 0) is 4.79 Å². The molecule has 2 aromatic carbocycles. The summed E-state index contributed by atoms with van der Waals surface area (Å²) in [5, 5.41) is 13.6. The molecule has 0 aliphatic heterocycles. The first-order valence-corrected chi connectivity index (χ1v) is 9.35. The molecule has 0 aliphatic carbocycles. The van der Waals surface area contributed by atoms with Gasteiger partial charge in [-0.2, -0.15) is 0 Å². The van der Waals surface area contributed by atoms with Gasteiger partial charge in [0.15, 0.2) is 0 Å². The van der Waals surface area contributed by atoms with E-state index in [9.17, 15) is 9.59 Å². The quantitative estimate of drug-likeness (QED) is 0.612. The second kappa shape index (κ2) is 9.50. The van der Waals surface area contributed by atoms with E-state index in [1.807, 2.05) is 44.2 Å². The summed E-state index contributed by atoms with van der Waals surface area (Å²) in [4.78, 5) is 24.6. The summed E-state index contributed by atoms with van der Waals surface area (Å²) < 4.78 is 7.09. The predicted octanol–water partition coefficient (Wildman–Crippen LogP) is 2.27. The Morgan fingerprint density at radius 3 is 2.59 bits per heavy atom. The van der Waals surface area contributed by atoms with E-state index in [0.29, 0.717) is 23.6 Å². The van der Waals surface area contributed by atoms with Crippen LogP contribution in [0.4, 0.5) is 0 Å². The lowest BCUT2D eigenvalue weighted by Gasteiger charge is -2.13. The van der Waals surface area contributed by atoms with Crippen LogP contribution in [0.2, 0.25) is 0 Å². The summed E-state index contributed by atoms with van der Waals surface area (Å²) in [6.07, 6.45) is 1.76. The van der Waals surface area contributed by atoms with Gasteiger partial charge in [0.1, 0.15) is 11.4 Å². The number of ether oxygens (including phenoxy) is 1. The molecule has 1 aromatic heterocycles. The van der Waals surface area contributed by atoms with Gasteiger partial charge in [-0.1, -0.05) is 35.5 Å². The van der Waals surface area contributed by atoms with Crippen molar-refractivity contribution in [1.82, 2.24) is 25.6 Å². The standard InChI is InChI=1S/C21H23N5O3/c1-3-29-19-12-8-7-11-17(19)21(28)22-13-20(27)23-15(2)18-14-26(25-24-18)16-9-5-4-6-10-16/h4-12,14-15H,3,13H2,1-2H3,(H,22,28)(H,23,27). The molecule has 150 valence electrons. The monoisotopic (exact) mass is 393 g/mol. The number of hydrogen-bond donors (Lipinski definition) is 2. The number of benzene rings is 2. The zero-order chi connectivity index (χ0) is 20.6. The number of hydrogen-bond acceptors (Lipinski definition) is 5. The molecule has 8 heteroatoms. The van der Waals surface area contributed by atoms with Gasteiger partial charge in [0.05, 0.1) is 36.6 Å². The molecule has 1 unspecified atom stereocenters. The summed E-state index contributed by atoms with van der Waals surface area (Å²) in [6.45, 7) is 3.95. The van der Waals surface area contributed by atoms with Gasteiger partial charge in [-0.25, -0.2) is 4.68 Å². The smallest absolute Gasteiger partial charge is 0.255 e. The van der Waals surface area contributed by atoms with Crippen LogP contribution in [0, 0.1) is 0 Å². The molecule has 3 aromatic rings. The molecule has 0 bridgehead atoms. The average Bonchev–Trinajstić information content (AvgIpc) is 3.24. The largest absolute Gasteiger partial charge is 0.493 e. The molecule has 0 spiro atoms. The van der Waals surface area contributed by atoms with Crippen molar-refractivity contribution in [1.29, 1.82) is 0 Å². The summed E-state index contributed by atoms with van der Waals surface area (Å²) in [7, 11) is 0. The van der Waals surface area contributed by atoms with Crippen LogP contribution in [-0.4, -0.2) is 40.0 Å². The number of carbonyl (C=O) groups is 2. The van der Waals surface area contributed by atoms with E-state index in [4.69, 9.17) is 4.74 Å². The lowest BCUT2D eigenvalue weighted by Crippen LogP contribution is -2.38. The van der Waals surface area contributed by atoms with Crippen molar-refractivity contribution in [2.75, 3.05) is 13.2 Å². The summed E-state index contributed by atoms with van der Waals surface area (Å²) in [5.41, 5.74) is 1.89. The number of carbonyl (C=O) groups excluding carboxylic acids is 2. The third-order valence-electron chi connectivity index (χ3n) is 4.19. The molecule has 0 aliphatic rings. The van der Waals surface area contributed by atoms with Gasteiger partial charge < -0.3 is 15.4 Å². The molecule has 8 nitrogen and oxygen atoms in total. The Labute approximate surface area is 168 Å². The minimum Gasteiger partial charge on any atom is -0.493 e. The number of amides is 2. The Morgan fingerprint density at radius 2 is 1.83 bits per heavy atom. The third kappa shape index (κ3) is 5.19. The van der Waals surface area contributed by atoms with Crippen molar-refractivity contribution in [3.63, 3.8) is 0 Å². The molecule has 1 heterocycles. The molecular formula is C21H23N5O3. The van der Waals surface area contributed by atoms with Gasteiger partial charge in [-0.3, -0.25) is 9.59 Å². The van der Waals surface area contributed by atoms with Crippen LogP contribution in [0.25, 0.3) is 5.69 Å². The van der Waals surface area contributed by atoms with Gasteiger partial charge in [0.25, 0.3) is 5.91 Å². The fraction of sp³-hybridized carbons (Fsp3) is 0.238. The maximum atomic E-state index is 12.4. The normalized spacial score (nSPS) is 11.5. The van der Waals surface area contributed by atoms with Crippen LogP contribution in [0.5, 0.6) is 5.75 Å². The first-order valence-electron chi connectivity index (χ1n) is 9.35. The number of para-hydroxylation sites is 2. The van der Waals surface area contributed by atoms with Crippen molar-refractivity contribution in [3.8, 4) is 11.4 Å².